The number of sulfone groups is 1. The zero-order valence-electron chi connectivity index (χ0n) is 9.51. The Hall–Kier alpha value is -1.56. The molecule has 6 heteroatoms. The third-order valence-corrected chi connectivity index (χ3v) is 3.97. The lowest BCUT2D eigenvalue weighted by Gasteiger charge is -2.05. The number of phenolic OH excluding ortho intramolecular Hbond substituents is 1. The second kappa shape index (κ2) is 5.67. The molecule has 0 bridgehead atoms. The number of carbonyl (C=O) groups is 1. The van der Waals surface area contributed by atoms with E-state index >= 15 is 0 Å². The molecule has 0 aliphatic carbocycles. The van der Waals surface area contributed by atoms with Gasteiger partial charge in [-0.2, -0.15) is 0 Å². The van der Waals surface area contributed by atoms with Gasteiger partial charge in [0.1, 0.15) is 5.75 Å². The fourth-order valence-corrected chi connectivity index (χ4v) is 1.88. The van der Waals surface area contributed by atoms with Crippen LogP contribution in [-0.4, -0.2) is 37.5 Å². The molecule has 17 heavy (non-hydrogen) atoms. The van der Waals surface area contributed by atoms with E-state index in [1.165, 1.54) is 24.3 Å². The lowest BCUT2D eigenvalue weighted by atomic mass is 10.2. The van der Waals surface area contributed by atoms with Crippen molar-refractivity contribution in [2.24, 2.45) is 0 Å². The van der Waals surface area contributed by atoms with Crippen LogP contribution >= 0.6 is 0 Å². The first-order valence-corrected chi connectivity index (χ1v) is 7.04. The van der Waals surface area contributed by atoms with Crippen molar-refractivity contribution < 1.29 is 18.3 Å². The molecule has 0 spiro atoms. The molecular formula is C11H15NO4S. The molecule has 0 radical (unpaired) electrons. The van der Waals surface area contributed by atoms with Gasteiger partial charge in [-0.05, 0) is 24.3 Å². The normalized spacial score (nSPS) is 11.1. The summed E-state index contributed by atoms with van der Waals surface area (Å²) < 4.78 is 22.4. The highest BCUT2D eigenvalue weighted by atomic mass is 32.2. The first-order valence-electron chi connectivity index (χ1n) is 5.22. The summed E-state index contributed by atoms with van der Waals surface area (Å²) in [7, 11) is -3.06. The topological polar surface area (TPSA) is 83.5 Å². The molecule has 0 heterocycles. The van der Waals surface area contributed by atoms with Gasteiger partial charge in [-0.3, -0.25) is 4.79 Å². The SMILES string of the molecule is CCS(=O)(=O)CCNC(=O)c1ccc(O)cc1. The number of benzene rings is 1. The maximum Gasteiger partial charge on any atom is 0.251 e. The Morgan fingerprint density at radius 2 is 1.88 bits per heavy atom. The predicted octanol–water partition coefficient (Wildman–Crippen LogP) is 0.557. The number of rotatable bonds is 5. The average molecular weight is 257 g/mol. The van der Waals surface area contributed by atoms with E-state index < -0.39 is 9.84 Å². The van der Waals surface area contributed by atoms with E-state index in [2.05, 4.69) is 5.32 Å². The van der Waals surface area contributed by atoms with Gasteiger partial charge in [0.25, 0.3) is 5.91 Å². The van der Waals surface area contributed by atoms with E-state index in [9.17, 15) is 13.2 Å². The monoisotopic (exact) mass is 257 g/mol. The number of nitrogens with one attached hydrogen (secondary N) is 1. The number of hydrogen-bond acceptors (Lipinski definition) is 4. The van der Waals surface area contributed by atoms with Crippen molar-refractivity contribution in [2.75, 3.05) is 18.1 Å². The highest BCUT2D eigenvalue weighted by Gasteiger charge is 2.09. The summed E-state index contributed by atoms with van der Waals surface area (Å²) in [5, 5.41) is 11.6. The van der Waals surface area contributed by atoms with Crippen molar-refractivity contribution in [3.05, 3.63) is 29.8 Å². The van der Waals surface area contributed by atoms with Gasteiger partial charge in [-0.15, -0.1) is 0 Å². The molecule has 1 aromatic carbocycles. The minimum atomic E-state index is -3.06. The minimum Gasteiger partial charge on any atom is -0.508 e. The summed E-state index contributed by atoms with van der Waals surface area (Å²) in [6.07, 6.45) is 0. The van der Waals surface area contributed by atoms with E-state index in [4.69, 9.17) is 5.11 Å². The zero-order chi connectivity index (χ0) is 12.9. The van der Waals surface area contributed by atoms with Gasteiger partial charge < -0.3 is 10.4 Å². The van der Waals surface area contributed by atoms with E-state index in [0.717, 1.165) is 0 Å². The average Bonchev–Trinajstić information content (AvgIpc) is 2.29. The highest BCUT2D eigenvalue weighted by molar-refractivity contribution is 7.91. The van der Waals surface area contributed by atoms with Gasteiger partial charge in [0.15, 0.2) is 9.84 Å². The fourth-order valence-electron chi connectivity index (χ4n) is 1.18. The number of amides is 1. The number of aromatic hydroxyl groups is 1. The van der Waals surface area contributed by atoms with Gasteiger partial charge >= 0.3 is 0 Å². The summed E-state index contributed by atoms with van der Waals surface area (Å²) in [5.74, 6) is -0.263. The van der Waals surface area contributed by atoms with Gasteiger partial charge in [-0.1, -0.05) is 6.92 Å². The van der Waals surface area contributed by atoms with E-state index in [1.54, 1.807) is 6.92 Å². The van der Waals surface area contributed by atoms with Crippen LogP contribution in [0.25, 0.3) is 0 Å². The largest absolute Gasteiger partial charge is 0.508 e. The molecule has 1 rings (SSSR count). The van der Waals surface area contributed by atoms with Gasteiger partial charge in [-0.25, -0.2) is 8.42 Å². The summed E-state index contributed by atoms with van der Waals surface area (Å²) in [6, 6.07) is 5.74. The van der Waals surface area contributed by atoms with E-state index in [0.29, 0.717) is 5.56 Å². The Kier molecular flexibility index (Phi) is 4.51. The first-order chi connectivity index (χ1) is 7.94. The molecule has 0 saturated carbocycles. The number of hydrogen-bond donors (Lipinski definition) is 2. The summed E-state index contributed by atoms with van der Waals surface area (Å²) in [5.41, 5.74) is 0.386. The van der Waals surface area contributed by atoms with Crippen LogP contribution < -0.4 is 5.32 Å². The van der Waals surface area contributed by atoms with Gasteiger partial charge in [0.2, 0.25) is 0 Å². The number of phenols is 1. The zero-order valence-corrected chi connectivity index (χ0v) is 10.3. The van der Waals surface area contributed by atoms with Crippen molar-refractivity contribution in [2.45, 2.75) is 6.92 Å². The molecule has 1 amide bonds. The first kappa shape index (κ1) is 13.5. The van der Waals surface area contributed by atoms with Crippen LogP contribution in [0.5, 0.6) is 5.75 Å². The Labute approximate surface area is 100 Å². The van der Waals surface area contributed by atoms with Crippen molar-refractivity contribution >= 4 is 15.7 Å². The fraction of sp³-hybridized carbons (Fsp3) is 0.364. The Morgan fingerprint density at radius 1 is 1.29 bits per heavy atom. The van der Waals surface area contributed by atoms with Crippen LogP contribution in [0, 0.1) is 0 Å². The predicted molar refractivity (Wildman–Crippen MR) is 64.8 cm³/mol. The second-order valence-corrected chi connectivity index (χ2v) is 6.01. The summed E-state index contributed by atoms with van der Waals surface area (Å²) in [4.78, 5) is 11.5. The molecule has 0 saturated heterocycles. The molecule has 2 N–H and O–H groups in total. The molecule has 5 nitrogen and oxygen atoms in total. The standard InChI is InChI=1S/C11H15NO4S/c1-2-17(15,16)8-7-12-11(14)9-3-5-10(13)6-4-9/h3-6,13H,2,7-8H2,1H3,(H,12,14). The third kappa shape index (κ3) is 4.44. The molecule has 1 aromatic rings. The number of carbonyl (C=O) groups excluding carboxylic acids is 1. The summed E-state index contributed by atoms with van der Waals surface area (Å²) in [6.45, 7) is 1.66. The Morgan fingerprint density at radius 3 is 2.41 bits per heavy atom. The van der Waals surface area contributed by atoms with Crippen molar-refractivity contribution in [3.63, 3.8) is 0 Å². The third-order valence-electron chi connectivity index (χ3n) is 2.27. The van der Waals surface area contributed by atoms with Crippen LogP contribution in [0.4, 0.5) is 0 Å². The van der Waals surface area contributed by atoms with Crippen molar-refractivity contribution in [1.82, 2.24) is 5.32 Å². The maximum absolute atomic E-state index is 11.5. The molecule has 0 aromatic heterocycles. The smallest absolute Gasteiger partial charge is 0.251 e. The molecule has 94 valence electrons. The van der Waals surface area contributed by atoms with Crippen LogP contribution in [0.2, 0.25) is 0 Å². The lowest BCUT2D eigenvalue weighted by molar-refractivity contribution is 0.0956. The van der Waals surface area contributed by atoms with Gasteiger partial charge in [0, 0.05) is 17.9 Å². The van der Waals surface area contributed by atoms with Crippen LogP contribution in [-0.2, 0) is 9.84 Å². The van der Waals surface area contributed by atoms with Crippen molar-refractivity contribution in [1.29, 1.82) is 0 Å². The molecule has 0 fully saturated rings. The molecule has 0 aliphatic rings. The summed E-state index contributed by atoms with van der Waals surface area (Å²) >= 11 is 0. The Balaban J connectivity index is 2.48. The quantitative estimate of drug-likeness (QED) is 0.807. The molecular weight excluding hydrogens is 242 g/mol. The van der Waals surface area contributed by atoms with E-state index in [-0.39, 0.29) is 29.7 Å². The van der Waals surface area contributed by atoms with Crippen LogP contribution in [0.15, 0.2) is 24.3 Å². The minimum absolute atomic E-state index is 0.0622. The van der Waals surface area contributed by atoms with Crippen LogP contribution in [0.1, 0.15) is 17.3 Å². The van der Waals surface area contributed by atoms with Gasteiger partial charge in [0.05, 0.1) is 5.75 Å². The molecule has 0 atom stereocenters. The molecule has 0 unspecified atom stereocenters. The lowest BCUT2D eigenvalue weighted by Crippen LogP contribution is -2.29. The highest BCUT2D eigenvalue weighted by Crippen LogP contribution is 2.09. The van der Waals surface area contributed by atoms with Crippen molar-refractivity contribution in [3.8, 4) is 5.75 Å². The molecule has 0 aliphatic heterocycles. The second-order valence-electron chi connectivity index (χ2n) is 3.54. The maximum atomic E-state index is 11.5. The Bertz CT molecular complexity index is 479. The van der Waals surface area contributed by atoms with Crippen LogP contribution in [0.3, 0.4) is 0 Å². The van der Waals surface area contributed by atoms with E-state index in [1.807, 2.05) is 0 Å².